The van der Waals surface area contributed by atoms with Crippen LogP contribution in [0.3, 0.4) is 0 Å². The first kappa shape index (κ1) is 13.9. The van der Waals surface area contributed by atoms with E-state index in [1.807, 2.05) is 18.2 Å². The van der Waals surface area contributed by atoms with Gasteiger partial charge >= 0.3 is 0 Å². The highest BCUT2D eigenvalue weighted by Gasteiger charge is 2.36. The van der Waals surface area contributed by atoms with Crippen LogP contribution in [-0.4, -0.2) is 5.60 Å². The lowest BCUT2D eigenvalue weighted by atomic mass is 9.78. The maximum atomic E-state index is 6.37. The monoisotopic (exact) mass is 256 g/mol. The Hall–Kier alpha value is -1.50. The molecule has 1 heteroatoms. The van der Waals surface area contributed by atoms with Crippen LogP contribution in [0.2, 0.25) is 0 Å². The molecule has 0 fully saturated rings. The first-order chi connectivity index (χ1) is 9.05. The quantitative estimate of drug-likeness (QED) is 0.670. The van der Waals surface area contributed by atoms with Gasteiger partial charge in [-0.3, -0.25) is 0 Å². The Balaban J connectivity index is 2.19. The Labute approximate surface area is 117 Å². The molecule has 1 unspecified atom stereocenters. The van der Waals surface area contributed by atoms with Crippen molar-refractivity contribution in [2.75, 3.05) is 0 Å². The number of hydrogen-bond donors (Lipinski definition) is 0. The van der Waals surface area contributed by atoms with Gasteiger partial charge in [-0.05, 0) is 43.4 Å². The fraction of sp³-hybridized carbons (Fsp3) is 0.444. The molecule has 0 aliphatic heterocycles. The zero-order chi connectivity index (χ0) is 13.9. The standard InChI is InChI=1S/C18H24O/c1-5-16-6-8-17(9-7-16)19-18(14(2)3)12-10-15(4)11-13-18/h5-10,14H,1,11-13H2,2-4H3. The number of benzene rings is 1. The fourth-order valence-electron chi connectivity index (χ4n) is 2.60. The average molecular weight is 256 g/mol. The summed E-state index contributed by atoms with van der Waals surface area (Å²) in [5, 5.41) is 0. The molecule has 1 atom stereocenters. The summed E-state index contributed by atoms with van der Waals surface area (Å²) in [6, 6.07) is 8.21. The highest BCUT2D eigenvalue weighted by Crippen LogP contribution is 2.37. The molecule has 102 valence electrons. The van der Waals surface area contributed by atoms with Crippen LogP contribution in [0, 0.1) is 5.92 Å². The average Bonchev–Trinajstić information content (AvgIpc) is 2.42. The third-order valence-electron chi connectivity index (χ3n) is 4.23. The zero-order valence-corrected chi connectivity index (χ0v) is 12.3. The van der Waals surface area contributed by atoms with Crippen molar-refractivity contribution in [3.8, 4) is 5.75 Å². The van der Waals surface area contributed by atoms with Gasteiger partial charge in [-0.2, -0.15) is 0 Å². The molecule has 0 heterocycles. The second-order valence-electron chi connectivity index (χ2n) is 5.85. The maximum absolute atomic E-state index is 6.37. The molecule has 2 rings (SSSR count). The molecule has 19 heavy (non-hydrogen) atoms. The van der Waals surface area contributed by atoms with Crippen LogP contribution in [0.15, 0.2) is 42.5 Å². The SMILES string of the molecule is C=Cc1ccc(OC2(C(C)C)CC=C(C)CC2)cc1. The summed E-state index contributed by atoms with van der Waals surface area (Å²) >= 11 is 0. The number of ether oxygens (including phenoxy) is 1. The van der Waals surface area contributed by atoms with E-state index < -0.39 is 0 Å². The van der Waals surface area contributed by atoms with E-state index in [-0.39, 0.29) is 5.60 Å². The van der Waals surface area contributed by atoms with E-state index in [0.717, 1.165) is 30.6 Å². The van der Waals surface area contributed by atoms with Crippen molar-refractivity contribution in [3.05, 3.63) is 48.1 Å². The summed E-state index contributed by atoms with van der Waals surface area (Å²) in [5.41, 5.74) is 2.57. The highest BCUT2D eigenvalue weighted by molar-refractivity contribution is 5.48. The lowest BCUT2D eigenvalue weighted by molar-refractivity contribution is 0.0121. The van der Waals surface area contributed by atoms with Crippen LogP contribution in [0.5, 0.6) is 5.75 Å². The second kappa shape index (κ2) is 5.64. The van der Waals surface area contributed by atoms with E-state index in [2.05, 4.69) is 45.6 Å². The normalized spacial score (nSPS) is 23.1. The first-order valence-corrected chi connectivity index (χ1v) is 7.13. The molecule has 1 aromatic carbocycles. The first-order valence-electron chi connectivity index (χ1n) is 7.13. The van der Waals surface area contributed by atoms with E-state index in [9.17, 15) is 0 Å². The summed E-state index contributed by atoms with van der Waals surface area (Å²) < 4.78 is 6.37. The molecular formula is C18H24O. The van der Waals surface area contributed by atoms with E-state index in [4.69, 9.17) is 4.74 Å². The molecule has 1 nitrogen and oxygen atoms in total. The molecule has 0 spiro atoms. The smallest absolute Gasteiger partial charge is 0.120 e. The van der Waals surface area contributed by atoms with Gasteiger partial charge in [0, 0.05) is 6.42 Å². The molecule has 0 N–H and O–H groups in total. The van der Waals surface area contributed by atoms with Gasteiger partial charge in [-0.25, -0.2) is 0 Å². The summed E-state index contributed by atoms with van der Waals surface area (Å²) in [6.45, 7) is 10.5. The van der Waals surface area contributed by atoms with Crippen molar-refractivity contribution < 1.29 is 4.74 Å². The molecule has 0 saturated heterocycles. The van der Waals surface area contributed by atoms with Crippen LogP contribution >= 0.6 is 0 Å². The Bertz CT molecular complexity index is 467. The van der Waals surface area contributed by atoms with Crippen LogP contribution in [0.1, 0.15) is 45.6 Å². The molecule has 0 saturated carbocycles. The van der Waals surface area contributed by atoms with E-state index in [1.165, 1.54) is 5.57 Å². The van der Waals surface area contributed by atoms with Crippen LogP contribution in [0.25, 0.3) is 6.08 Å². The van der Waals surface area contributed by atoms with Crippen molar-refractivity contribution in [2.24, 2.45) is 5.92 Å². The summed E-state index contributed by atoms with van der Waals surface area (Å²) in [4.78, 5) is 0. The molecule has 0 radical (unpaired) electrons. The molecule has 1 aliphatic carbocycles. The van der Waals surface area contributed by atoms with Gasteiger partial charge < -0.3 is 4.74 Å². The van der Waals surface area contributed by atoms with E-state index >= 15 is 0 Å². The summed E-state index contributed by atoms with van der Waals surface area (Å²) in [5.74, 6) is 1.48. The summed E-state index contributed by atoms with van der Waals surface area (Å²) in [7, 11) is 0. The van der Waals surface area contributed by atoms with Gasteiger partial charge in [0.1, 0.15) is 11.4 Å². The second-order valence-corrected chi connectivity index (χ2v) is 5.85. The van der Waals surface area contributed by atoms with Crippen LogP contribution in [0.4, 0.5) is 0 Å². The number of allylic oxidation sites excluding steroid dienone is 1. The van der Waals surface area contributed by atoms with Gasteiger partial charge in [0.25, 0.3) is 0 Å². The molecule has 1 aliphatic rings. The minimum atomic E-state index is -0.0464. The van der Waals surface area contributed by atoms with E-state index in [1.54, 1.807) is 0 Å². The van der Waals surface area contributed by atoms with Crippen LogP contribution < -0.4 is 4.74 Å². The van der Waals surface area contributed by atoms with Gasteiger partial charge in [-0.15, -0.1) is 0 Å². The Morgan fingerprint density at radius 1 is 1.26 bits per heavy atom. The van der Waals surface area contributed by atoms with Crippen LogP contribution in [-0.2, 0) is 0 Å². The molecular weight excluding hydrogens is 232 g/mol. The van der Waals surface area contributed by atoms with Crippen molar-refractivity contribution in [3.63, 3.8) is 0 Å². The lowest BCUT2D eigenvalue weighted by Gasteiger charge is -2.40. The number of rotatable bonds is 4. The zero-order valence-electron chi connectivity index (χ0n) is 12.3. The Kier molecular flexibility index (Phi) is 4.14. The molecule has 0 bridgehead atoms. The van der Waals surface area contributed by atoms with Crippen molar-refractivity contribution >= 4 is 6.08 Å². The van der Waals surface area contributed by atoms with Gasteiger partial charge in [0.2, 0.25) is 0 Å². The van der Waals surface area contributed by atoms with Crippen molar-refractivity contribution in [1.82, 2.24) is 0 Å². The lowest BCUT2D eigenvalue weighted by Crippen LogP contribution is -2.42. The van der Waals surface area contributed by atoms with Gasteiger partial charge in [0.15, 0.2) is 0 Å². The van der Waals surface area contributed by atoms with Crippen molar-refractivity contribution in [2.45, 2.75) is 45.6 Å². The predicted octanol–water partition coefficient (Wildman–Crippen LogP) is 5.23. The maximum Gasteiger partial charge on any atom is 0.120 e. The molecule has 1 aromatic rings. The van der Waals surface area contributed by atoms with Gasteiger partial charge in [0.05, 0.1) is 0 Å². The molecule has 0 amide bonds. The molecule has 0 aromatic heterocycles. The third kappa shape index (κ3) is 3.09. The Morgan fingerprint density at radius 2 is 1.95 bits per heavy atom. The van der Waals surface area contributed by atoms with Crippen molar-refractivity contribution in [1.29, 1.82) is 0 Å². The topological polar surface area (TPSA) is 9.23 Å². The minimum Gasteiger partial charge on any atom is -0.487 e. The fourth-order valence-corrected chi connectivity index (χ4v) is 2.60. The predicted molar refractivity (Wildman–Crippen MR) is 82.3 cm³/mol. The summed E-state index contributed by atoms with van der Waals surface area (Å²) in [6.07, 6.45) is 7.45. The number of hydrogen-bond acceptors (Lipinski definition) is 1. The highest BCUT2D eigenvalue weighted by atomic mass is 16.5. The third-order valence-corrected chi connectivity index (χ3v) is 4.23. The Morgan fingerprint density at radius 3 is 2.42 bits per heavy atom. The minimum absolute atomic E-state index is 0.0464. The largest absolute Gasteiger partial charge is 0.487 e. The van der Waals surface area contributed by atoms with E-state index in [0.29, 0.717) is 5.92 Å². The van der Waals surface area contributed by atoms with Gasteiger partial charge in [-0.1, -0.05) is 50.3 Å².